The molecule has 1 saturated heterocycles. The Labute approximate surface area is 136 Å². The zero-order valence-corrected chi connectivity index (χ0v) is 12.9. The highest BCUT2D eigenvalue weighted by atomic mass is 19.4. The molecule has 1 fully saturated rings. The number of nitrogens with zero attached hydrogens (tertiary/aromatic N) is 1. The van der Waals surface area contributed by atoms with Crippen molar-refractivity contribution in [1.82, 2.24) is 4.90 Å². The van der Waals surface area contributed by atoms with E-state index in [9.17, 15) is 23.1 Å². The van der Waals surface area contributed by atoms with Gasteiger partial charge in [-0.1, -0.05) is 12.1 Å². The number of likely N-dealkylation sites (tertiary alicyclic amines) is 1. The molecule has 2 aromatic rings. The smallest absolute Gasteiger partial charge is 0.416 e. The van der Waals surface area contributed by atoms with Gasteiger partial charge in [0.05, 0.1) is 24.0 Å². The van der Waals surface area contributed by atoms with Gasteiger partial charge in [0, 0.05) is 12.1 Å². The van der Waals surface area contributed by atoms with Crippen molar-refractivity contribution in [1.29, 1.82) is 0 Å². The first-order valence-electron chi connectivity index (χ1n) is 7.47. The van der Waals surface area contributed by atoms with Crippen LogP contribution in [0.2, 0.25) is 0 Å². The fourth-order valence-electron chi connectivity index (χ4n) is 2.97. The molecule has 1 aliphatic heterocycles. The Kier molecular flexibility index (Phi) is 4.13. The van der Waals surface area contributed by atoms with Gasteiger partial charge in [-0.05, 0) is 37.1 Å². The molecule has 1 N–H and O–H groups in total. The number of hydrogen-bond donors (Lipinski definition) is 1. The number of alkyl halides is 3. The third kappa shape index (κ3) is 3.03. The molecule has 7 heteroatoms. The number of β-amino-alcohol motifs (C(OH)–C–C–N with tert-alkyl or cyclic N) is 1. The fourth-order valence-corrected chi connectivity index (χ4v) is 2.97. The molecule has 0 bridgehead atoms. The molecule has 1 aromatic heterocycles. The second-order valence-electron chi connectivity index (χ2n) is 5.92. The van der Waals surface area contributed by atoms with E-state index in [0.717, 1.165) is 12.1 Å². The van der Waals surface area contributed by atoms with Crippen LogP contribution < -0.4 is 0 Å². The zero-order valence-electron chi connectivity index (χ0n) is 12.9. The summed E-state index contributed by atoms with van der Waals surface area (Å²) in [4.78, 5) is 14.1. The number of benzene rings is 1. The van der Waals surface area contributed by atoms with Crippen LogP contribution in [-0.2, 0) is 6.18 Å². The maximum absolute atomic E-state index is 12.7. The summed E-state index contributed by atoms with van der Waals surface area (Å²) in [5.74, 6) is -0.194. The Bertz CT molecular complexity index is 736. The summed E-state index contributed by atoms with van der Waals surface area (Å²) in [6, 6.07) is 5.84. The van der Waals surface area contributed by atoms with E-state index in [0.29, 0.717) is 11.1 Å². The number of carbonyl (C=O) groups excluding carboxylic acids is 1. The van der Waals surface area contributed by atoms with Crippen molar-refractivity contribution >= 4 is 5.91 Å². The van der Waals surface area contributed by atoms with Crippen LogP contribution in [0.15, 0.2) is 41.0 Å². The molecule has 128 valence electrons. The molecular weight excluding hydrogens is 323 g/mol. The number of halogens is 3. The molecule has 0 aliphatic carbocycles. The van der Waals surface area contributed by atoms with Crippen LogP contribution in [0.5, 0.6) is 0 Å². The van der Waals surface area contributed by atoms with E-state index in [-0.39, 0.29) is 24.6 Å². The maximum Gasteiger partial charge on any atom is 0.416 e. The van der Waals surface area contributed by atoms with Crippen molar-refractivity contribution in [2.75, 3.05) is 6.54 Å². The standard InChI is InChI=1S/C17H16F3NO3/c1-10-6-7-24-15(10)16(23)21-9-13(22)8-14(21)11-2-4-12(5-3-11)17(18,19)20/h2-7,13-14,22H,8-9H2,1H3. The lowest BCUT2D eigenvalue weighted by Crippen LogP contribution is -2.32. The third-order valence-electron chi connectivity index (χ3n) is 4.22. The van der Waals surface area contributed by atoms with Crippen molar-refractivity contribution in [3.05, 3.63) is 59.0 Å². The van der Waals surface area contributed by atoms with E-state index < -0.39 is 23.9 Å². The van der Waals surface area contributed by atoms with Crippen LogP contribution in [0.4, 0.5) is 13.2 Å². The summed E-state index contributed by atoms with van der Waals surface area (Å²) in [7, 11) is 0. The van der Waals surface area contributed by atoms with Gasteiger partial charge >= 0.3 is 6.18 Å². The number of rotatable bonds is 2. The Hall–Kier alpha value is -2.28. The zero-order chi connectivity index (χ0) is 17.5. The molecule has 4 nitrogen and oxygen atoms in total. The van der Waals surface area contributed by atoms with E-state index >= 15 is 0 Å². The van der Waals surface area contributed by atoms with Crippen molar-refractivity contribution in [2.45, 2.75) is 31.7 Å². The largest absolute Gasteiger partial charge is 0.459 e. The summed E-state index contributed by atoms with van der Waals surface area (Å²) in [5.41, 5.74) is 0.481. The highest BCUT2D eigenvalue weighted by Gasteiger charge is 2.38. The lowest BCUT2D eigenvalue weighted by molar-refractivity contribution is -0.137. The minimum atomic E-state index is -4.41. The number of hydrogen-bond acceptors (Lipinski definition) is 3. The molecule has 2 heterocycles. The lowest BCUT2D eigenvalue weighted by Gasteiger charge is -2.24. The molecule has 0 radical (unpaired) electrons. The fraction of sp³-hybridized carbons (Fsp3) is 0.353. The molecule has 0 spiro atoms. The number of aliphatic hydroxyl groups is 1. The van der Waals surface area contributed by atoms with Gasteiger partial charge in [-0.2, -0.15) is 13.2 Å². The third-order valence-corrected chi connectivity index (χ3v) is 4.22. The second-order valence-corrected chi connectivity index (χ2v) is 5.92. The van der Waals surface area contributed by atoms with E-state index in [1.54, 1.807) is 13.0 Å². The molecule has 1 aromatic carbocycles. The number of furan rings is 1. The quantitative estimate of drug-likeness (QED) is 0.910. The van der Waals surface area contributed by atoms with E-state index in [1.807, 2.05) is 0 Å². The van der Waals surface area contributed by atoms with Crippen molar-refractivity contribution in [3.8, 4) is 0 Å². The minimum Gasteiger partial charge on any atom is -0.459 e. The predicted octanol–water partition coefficient (Wildman–Crippen LogP) is 3.55. The van der Waals surface area contributed by atoms with Gasteiger partial charge in [0.1, 0.15) is 0 Å². The molecule has 0 saturated carbocycles. The van der Waals surface area contributed by atoms with Gasteiger partial charge in [-0.25, -0.2) is 0 Å². The Morgan fingerprint density at radius 2 is 1.92 bits per heavy atom. The summed E-state index contributed by atoms with van der Waals surface area (Å²) < 4.78 is 43.2. The second kappa shape index (κ2) is 5.98. The first kappa shape index (κ1) is 16.6. The van der Waals surface area contributed by atoms with Gasteiger partial charge in [-0.15, -0.1) is 0 Å². The normalized spacial score (nSPS) is 21.3. The number of amides is 1. The molecule has 2 atom stereocenters. The maximum atomic E-state index is 12.7. The first-order valence-corrected chi connectivity index (χ1v) is 7.47. The monoisotopic (exact) mass is 339 g/mol. The van der Waals surface area contributed by atoms with E-state index in [1.165, 1.54) is 23.3 Å². The predicted molar refractivity (Wildman–Crippen MR) is 79.3 cm³/mol. The van der Waals surface area contributed by atoms with Crippen LogP contribution in [0.25, 0.3) is 0 Å². The molecular formula is C17H16F3NO3. The van der Waals surface area contributed by atoms with Crippen LogP contribution in [0, 0.1) is 6.92 Å². The highest BCUT2D eigenvalue weighted by Crippen LogP contribution is 2.36. The van der Waals surface area contributed by atoms with Crippen molar-refractivity contribution in [3.63, 3.8) is 0 Å². The highest BCUT2D eigenvalue weighted by molar-refractivity contribution is 5.93. The van der Waals surface area contributed by atoms with E-state index in [4.69, 9.17) is 4.42 Å². The summed E-state index contributed by atoms with van der Waals surface area (Å²) in [6.45, 7) is 1.85. The van der Waals surface area contributed by atoms with Crippen LogP contribution in [0.3, 0.4) is 0 Å². The van der Waals surface area contributed by atoms with Gasteiger partial charge < -0.3 is 14.4 Å². The Balaban J connectivity index is 1.88. The minimum absolute atomic E-state index is 0.116. The summed E-state index contributed by atoms with van der Waals surface area (Å²) >= 11 is 0. The van der Waals surface area contributed by atoms with E-state index in [2.05, 4.69) is 0 Å². The molecule has 24 heavy (non-hydrogen) atoms. The van der Waals surface area contributed by atoms with Crippen LogP contribution in [-0.4, -0.2) is 28.6 Å². The number of carbonyl (C=O) groups is 1. The van der Waals surface area contributed by atoms with Crippen molar-refractivity contribution < 1.29 is 27.5 Å². The van der Waals surface area contributed by atoms with Crippen molar-refractivity contribution in [2.24, 2.45) is 0 Å². The summed E-state index contributed by atoms with van der Waals surface area (Å²) in [5, 5.41) is 9.93. The van der Waals surface area contributed by atoms with Gasteiger partial charge in [0.25, 0.3) is 5.91 Å². The average Bonchev–Trinajstić information content (AvgIpc) is 3.12. The lowest BCUT2D eigenvalue weighted by atomic mass is 10.0. The Morgan fingerprint density at radius 1 is 1.25 bits per heavy atom. The van der Waals surface area contributed by atoms with Gasteiger partial charge in [0.2, 0.25) is 0 Å². The number of aliphatic hydroxyl groups excluding tert-OH is 1. The molecule has 3 rings (SSSR count). The van der Waals surface area contributed by atoms with Gasteiger partial charge in [-0.3, -0.25) is 4.79 Å². The van der Waals surface area contributed by atoms with Crippen LogP contribution >= 0.6 is 0 Å². The first-order chi connectivity index (χ1) is 11.3. The summed E-state index contributed by atoms with van der Waals surface area (Å²) in [6.07, 6.45) is -3.45. The molecule has 1 amide bonds. The number of aryl methyl sites for hydroxylation is 1. The SMILES string of the molecule is Cc1ccoc1C(=O)N1CC(O)CC1c1ccc(C(F)(F)F)cc1. The van der Waals surface area contributed by atoms with Gasteiger partial charge in [0.15, 0.2) is 5.76 Å². The molecule has 1 aliphatic rings. The molecule has 2 unspecified atom stereocenters. The topological polar surface area (TPSA) is 53.7 Å². The average molecular weight is 339 g/mol. The Morgan fingerprint density at radius 3 is 2.46 bits per heavy atom. The van der Waals surface area contributed by atoms with Crippen LogP contribution in [0.1, 0.15) is 39.7 Å².